The average Bonchev–Trinajstić information content (AvgIpc) is 2.82. The summed E-state index contributed by atoms with van der Waals surface area (Å²) in [5.41, 5.74) is 5.96. The predicted molar refractivity (Wildman–Crippen MR) is 137 cm³/mol. The number of nitrogen functional groups attached to an aromatic ring is 1. The van der Waals surface area contributed by atoms with Gasteiger partial charge in [-0.25, -0.2) is 13.2 Å². The smallest absolute Gasteiger partial charge is 0.408 e. The topological polar surface area (TPSA) is 131 Å². The summed E-state index contributed by atoms with van der Waals surface area (Å²) >= 11 is 0. The molecule has 0 bridgehead atoms. The number of carbonyl (C=O) groups excluding carboxylic acids is 1. The number of carbonyl (C=O) groups is 1. The van der Waals surface area contributed by atoms with Crippen LogP contribution in [0.15, 0.2) is 59.5 Å². The lowest BCUT2D eigenvalue weighted by Gasteiger charge is -2.39. The van der Waals surface area contributed by atoms with Gasteiger partial charge in [0.05, 0.1) is 11.5 Å². The van der Waals surface area contributed by atoms with E-state index in [1.54, 1.807) is 19.1 Å². The van der Waals surface area contributed by atoms with Crippen molar-refractivity contribution >= 4 is 21.8 Å². The van der Waals surface area contributed by atoms with E-state index < -0.39 is 28.0 Å². The summed E-state index contributed by atoms with van der Waals surface area (Å²) < 4.78 is 39.1. The molecule has 36 heavy (non-hydrogen) atoms. The molecular weight excluding hydrogens is 482 g/mol. The first-order valence-electron chi connectivity index (χ1n) is 12.2. The maximum Gasteiger partial charge on any atom is 0.408 e. The number of rotatable bonds is 10. The summed E-state index contributed by atoms with van der Waals surface area (Å²) in [5, 5.41) is 12.9. The molecule has 1 fully saturated rings. The van der Waals surface area contributed by atoms with Crippen molar-refractivity contribution in [2.45, 2.75) is 62.9 Å². The zero-order chi connectivity index (χ0) is 26.3. The maximum atomic E-state index is 13.3. The fourth-order valence-corrected chi connectivity index (χ4v) is 5.99. The van der Waals surface area contributed by atoms with Gasteiger partial charge in [-0.3, -0.25) is 0 Å². The number of ether oxygens (including phenoxy) is 2. The van der Waals surface area contributed by atoms with Crippen LogP contribution in [0.1, 0.15) is 45.6 Å². The Labute approximate surface area is 213 Å². The summed E-state index contributed by atoms with van der Waals surface area (Å²) in [5.74, 6) is 0.111. The highest BCUT2D eigenvalue weighted by atomic mass is 32.2. The van der Waals surface area contributed by atoms with E-state index in [0.29, 0.717) is 25.1 Å². The molecule has 0 aromatic heterocycles. The molecule has 1 saturated heterocycles. The van der Waals surface area contributed by atoms with Crippen molar-refractivity contribution in [2.75, 3.05) is 25.4 Å². The van der Waals surface area contributed by atoms with E-state index in [0.717, 1.165) is 5.56 Å². The SMILES string of the molecule is CC(C)CN(CCC(C)NC(=O)OC1(c2ccccc2)CCO[C@H](O)C1)S(=O)(=O)c1cccc(N)c1. The van der Waals surface area contributed by atoms with Crippen LogP contribution in [0.5, 0.6) is 0 Å². The van der Waals surface area contributed by atoms with Gasteiger partial charge < -0.3 is 25.6 Å². The fourth-order valence-electron chi connectivity index (χ4n) is 4.32. The molecule has 4 N–H and O–H groups in total. The van der Waals surface area contributed by atoms with E-state index in [1.807, 2.05) is 44.2 Å². The molecule has 2 aromatic carbocycles. The number of nitrogens with zero attached hydrogens (tertiary/aromatic N) is 1. The number of benzene rings is 2. The third kappa shape index (κ3) is 7.19. The van der Waals surface area contributed by atoms with Gasteiger partial charge in [-0.2, -0.15) is 4.31 Å². The minimum atomic E-state index is -3.75. The second kappa shape index (κ2) is 12.1. The van der Waals surface area contributed by atoms with Crippen LogP contribution in [0, 0.1) is 5.92 Å². The quantitative estimate of drug-likeness (QED) is 0.410. The van der Waals surface area contributed by atoms with Gasteiger partial charge in [0.25, 0.3) is 0 Å². The number of aliphatic hydroxyl groups is 1. The third-order valence-corrected chi connectivity index (χ3v) is 8.01. The monoisotopic (exact) mass is 519 g/mol. The Morgan fingerprint density at radius 3 is 2.58 bits per heavy atom. The second-order valence-corrected chi connectivity index (χ2v) is 11.6. The van der Waals surface area contributed by atoms with Gasteiger partial charge in [-0.1, -0.05) is 50.2 Å². The number of alkyl carbamates (subject to hydrolysis) is 1. The third-order valence-electron chi connectivity index (χ3n) is 6.15. The Balaban J connectivity index is 1.66. The van der Waals surface area contributed by atoms with Crippen molar-refractivity contribution in [1.82, 2.24) is 9.62 Å². The van der Waals surface area contributed by atoms with Crippen LogP contribution in [0.25, 0.3) is 0 Å². The molecular formula is C26H37N3O6S. The Bertz CT molecular complexity index is 1110. The zero-order valence-electron chi connectivity index (χ0n) is 21.1. The molecule has 1 aliphatic rings. The van der Waals surface area contributed by atoms with E-state index in [-0.39, 0.29) is 36.4 Å². The maximum absolute atomic E-state index is 13.3. The molecule has 1 amide bonds. The number of nitrogens with two attached hydrogens (primary N) is 1. The van der Waals surface area contributed by atoms with E-state index in [1.165, 1.54) is 16.4 Å². The van der Waals surface area contributed by atoms with Gasteiger partial charge in [-0.15, -0.1) is 0 Å². The van der Waals surface area contributed by atoms with Crippen LogP contribution in [0.2, 0.25) is 0 Å². The van der Waals surface area contributed by atoms with Crippen LogP contribution in [-0.2, 0) is 25.1 Å². The number of amides is 1. The number of hydrogen-bond acceptors (Lipinski definition) is 7. The van der Waals surface area contributed by atoms with E-state index >= 15 is 0 Å². The first-order valence-corrected chi connectivity index (χ1v) is 13.7. The van der Waals surface area contributed by atoms with Gasteiger partial charge in [0.2, 0.25) is 10.0 Å². The summed E-state index contributed by atoms with van der Waals surface area (Å²) in [6.07, 6.45) is -0.746. The highest BCUT2D eigenvalue weighted by Crippen LogP contribution is 2.38. The van der Waals surface area contributed by atoms with Gasteiger partial charge in [0.1, 0.15) is 5.60 Å². The van der Waals surface area contributed by atoms with Crippen LogP contribution < -0.4 is 11.1 Å². The van der Waals surface area contributed by atoms with Crippen LogP contribution >= 0.6 is 0 Å². The molecule has 2 aromatic rings. The summed E-state index contributed by atoms with van der Waals surface area (Å²) in [7, 11) is -3.75. The first-order chi connectivity index (χ1) is 17.0. The van der Waals surface area contributed by atoms with Crippen molar-refractivity contribution in [1.29, 1.82) is 0 Å². The Morgan fingerprint density at radius 2 is 1.94 bits per heavy atom. The molecule has 198 valence electrons. The van der Waals surface area contributed by atoms with Crippen molar-refractivity contribution in [3.05, 3.63) is 60.2 Å². The average molecular weight is 520 g/mol. The van der Waals surface area contributed by atoms with Gasteiger partial charge in [0, 0.05) is 37.7 Å². The molecule has 2 unspecified atom stereocenters. The first kappa shape index (κ1) is 27.9. The molecule has 3 rings (SSSR count). The molecule has 9 nitrogen and oxygen atoms in total. The Kier molecular flexibility index (Phi) is 9.35. The summed E-state index contributed by atoms with van der Waals surface area (Å²) in [4.78, 5) is 13.0. The van der Waals surface area contributed by atoms with Crippen molar-refractivity contribution in [3.63, 3.8) is 0 Å². The minimum Gasteiger partial charge on any atom is -0.438 e. The zero-order valence-corrected chi connectivity index (χ0v) is 21.9. The lowest BCUT2D eigenvalue weighted by Crippen LogP contribution is -2.46. The minimum absolute atomic E-state index is 0.111. The van der Waals surface area contributed by atoms with Crippen LogP contribution in [-0.4, -0.2) is 56.0 Å². The lowest BCUT2D eigenvalue weighted by molar-refractivity contribution is -0.188. The molecule has 0 aliphatic carbocycles. The van der Waals surface area contributed by atoms with Gasteiger partial charge in [0.15, 0.2) is 6.29 Å². The van der Waals surface area contributed by atoms with Gasteiger partial charge in [-0.05, 0) is 43.0 Å². The predicted octanol–water partition coefficient (Wildman–Crippen LogP) is 3.44. The highest BCUT2D eigenvalue weighted by molar-refractivity contribution is 7.89. The van der Waals surface area contributed by atoms with Crippen LogP contribution in [0.4, 0.5) is 10.5 Å². The largest absolute Gasteiger partial charge is 0.438 e. The summed E-state index contributed by atoms with van der Waals surface area (Å²) in [6.45, 7) is 6.51. The Morgan fingerprint density at radius 1 is 1.22 bits per heavy atom. The molecule has 10 heteroatoms. The molecule has 0 radical (unpaired) electrons. The summed E-state index contributed by atoms with van der Waals surface area (Å²) in [6, 6.07) is 15.2. The van der Waals surface area contributed by atoms with Crippen molar-refractivity contribution in [2.24, 2.45) is 5.92 Å². The molecule has 0 spiro atoms. The number of hydrogen-bond donors (Lipinski definition) is 3. The van der Waals surface area contributed by atoms with Crippen LogP contribution in [0.3, 0.4) is 0 Å². The van der Waals surface area contributed by atoms with Crippen molar-refractivity contribution in [3.8, 4) is 0 Å². The standard InChI is InChI=1S/C26H37N3O6S/c1-19(2)18-29(36(32,33)23-11-7-10-22(27)16-23)14-12-20(3)28-25(31)35-26(13-15-34-24(30)17-26)21-8-5-4-6-9-21/h4-11,16,19-20,24,30H,12-15,17-18,27H2,1-3H3,(H,28,31)/t20?,24-,26?/m0/s1. The number of nitrogens with one attached hydrogen (secondary N) is 1. The fraction of sp³-hybridized carbons (Fsp3) is 0.500. The molecule has 1 aliphatic heterocycles. The number of anilines is 1. The Hall–Kier alpha value is -2.66. The van der Waals surface area contributed by atoms with Crippen molar-refractivity contribution < 1.29 is 27.8 Å². The highest BCUT2D eigenvalue weighted by Gasteiger charge is 2.42. The normalized spacial score (nSPS) is 21.3. The molecule has 3 atom stereocenters. The molecule has 1 heterocycles. The van der Waals surface area contributed by atoms with E-state index in [9.17, 15) is 18.3 Å². The second-order valence-electron chi connectivity index (χ2n) is 9.69. The molecule has 0 saturated carbocycles. The lowest BCUT2D eigenvalue weighted by atomic mass is 9.85. The van der Waals surface area contributed by atoms with E-state index in [4.69, 9.17) is 15.2 Å². The van der Waals surface area contributed by atoms with Gasteiger partial charge >= 0.3 is 6.09 Å². The number of aliphatic hydroxyl groups excluding tert-OH is 1. The number of sulfonamides is 1. The van der Waals surface area contributed by atoms with E-state index in [2.05, 4.69) is 5.32 Å².